The molecular weight excluding hydrogens is 489 g/mol. The van der Waals surface area contributed by atoms with Gasteiger partial charge >= 0.3 is 0 Å². The van der Waals surface area contributed by atoms with E-state index in [4.69, 9.17) is 23.2 Å². The molecule has 6 nitrogen and oxygen atoms in total. The van der Waals surface area contributed by atoms with Gasteiger partial charge in [0.15, 0.2) is 15.0 Å². The third-order valence-corrected chi connectivity index (χ3v) is 8.65. The molecule has 1 amide bonds. The quantitative estimate of drug-likeness (QED) is 0.399. The first-order chi connectivity index (χ1) is 15.2. The molecule has 0 unspecified atom stereocenters. The summed E-state index contributed by atoms with van der Waals surface area (Å²) in [7, 11) is -3.84. The fourth-order valence-electron chi connectivity index (χ4n) is 3.28. The molecule has 0 saturated carbocycles. The molecule has 0 aliphatic rings. The van der Waals surface area contributed by atoms with Crippen LogP contribution in [0, 0.1) is 6.92 Å². The van der Waals surface area contributed by atoms with Gasteiger partial charge in [0.2, 0.25) is 5.91 Å². The SMILES string of the molecule is CCN(CC)CCN(C(=O)CS(=O)(=O)c1ccc(Cl)cc1)c1nc2c(C)ccc(Cl)c2s1. The van der Waals surface area contributed by atoms with Crippen molar-refractivity contribution in [2.45, 2.75) is 25.7 Å². The van der Waals surface area contributed by atoms with Crippen LogP contribution in [0.1, 0.15) is 19.4 Å². The van der Waals surface area contributed by atoms with Crippen LogP contribution in [0.25, 0.3) is 10.2 Å². The Balaban J connectivity index is 1.95. The average Bonchev–Trinajstić information content (AvgIpc) is 3.20. The minimum atomic E-state index is -3.84. The van der Waals surface area contributed by atoms with Crippen LogP contribution in [0.4, 0.5) is 5.13 Å². The van der Waals surface area contributed by atoms with Crippen molar-refractivity contribution in [1.29, 1.82) is 0 Å². The minimum Gasteiger partial charge on any atom is -0.302 e. The summed E-state index contributed by atoms with van der Waals surface area (Å²) in [6.07, 6.45) is 0. The van der Waals surface area contributed by atoms with Crippen LogP contribution in [-0.2, 0) is 14.6 Å². The van der Waals surface area contributed by atoms with Crippen molar-refractivity contribution in [1.82, 2.24) is 9.88 Å². The van der Waals surface area contributed by atoms with Crippen molar-refractivity contribution >= 4 is 65.6 Å². The number of hydrogen-bond acceptors (Lipinski definition) is 6. The monoisotopic (exact) mass is 513 g/mol. The van der Waals surface area contributed by atoms with Crippen LogP contribution in [0.5, 0.6) is 0 Å². The molecule has 32 heavy (non-hydrogen) atoms. The van der Waals surface area contributed by atoms with Gasteiger partial charge in [-0.25, -0.2) is 13.4 Å². The predicted octanol–water partition coefficient (Wildman–Crippen LogP) is 5.06. The maximum atomic E-state index is 13.3. The molecular formula is C22H25Cl2N3O3S2. The van der Waals surface area contributed by atoms with E-state index in [0.717, 1.165) is 28.9 Å². The average molecular weight is 515 g/mol. The van der Waals surface area contributed by atoms with Crippen LogP contribution >= 0.6 is 34.5 Å². The highest BCUT2D eigenvalue weighted by molar-refractivity contribution is 7.92. The standard InChI is InChI=1S/C22H25Cl2N3O3S2/c1-4-26(5-2)12-13-27(22-25-20-15(3)6-11-18(24)21(20)31-22)19(28)14-32(29,30)17-9-7-16(23)8-10-17/h6-11H,4-5,12-14H2,1-3H3. The Morgan fingerprint density at radius 2 is 1.69 bits per heavy atom. The zero-order valence-corrected chi connectivity index (χ0v) is 21.3. The summed E-state index contributed by atoms with van der Waals surface area (Å²) in [6.45, 7) is 8.59. The maximum absolute atomic E-state index is 13.3. The molecule has 1 heterocycles. The summed E-state index contributed by atoms with van der Waals surface area (Å²) < 4.78 is 26.5. The summed E-state index contributed by atoms with van der Waals surface area (Å²) in [4.78, 5) is 21.6. The van der Waals surface area contributed by atoms with Crippen molar-refractivity contribution in [3.63, 3.8) is 0 Å². The summed E-state index contributed by atoms with van der Waals surface area (Å²) in [5.74, 6) is -1.19. The Bertz CT molecular complexity index is 1170. The zero-order valence-electron chi connectivity index (χ0n) is 18.1. The van der Waals surface area contributed by atoms with Crippen LogP contribution in [0.2, 0.25) is 10.0 Å². The number of aromatic nitrogens is 1. The fourth-order valence-corrected chi connectivity index (χ4v) is 5.96. The number of likely N-dealkylation sites (N-methyl/N-ethyl adjacent to an activating group) is 1. The lowest BCUT2D eigenvalue weighted by Gasteiger charge is -2.24. The number of rotatable bonds is 9. The lowest BCUT2D eigenvalue weighted by molar-refractivity contribution is -0.116. The van der Waals surface area contributed by atoms with E-state index in [1.807, 2.05) is 26.8 Å². The Kier molecular flexibility index (Phi) is 8.16. The summed E-state index contributed by atoms with van der Waals surface area (Å²) >= 11 is 13.5. The van der Waals surface area contributed by atoms with Crippen molar-refractivity contribution in [3.05, 3.63) is 52.0 Å². The number of thiazole rings is 1. The molecule has 0 aliphatic heterocycles. The normalized spacial score (nSPS) is 11.9. The second-order valence-electron chi connectivity index (χ2n) is 7.32. The number of sulfone groups is 1. The number of carbonyl (C=O) groups is 1. The molecule has 1 aromatic heterocycles. The minimum absolute atomic E-state index is 0.0575. The molecule has 0 N–H and O–H groups in total. The summed E-state index contributed by atoms with van der Waals surface area (Å²) in [5.41, 5.74) is 1.66. The molecule has 0 aliphatic carbocycles. The van der Waals surface area contributed by atoms with E-state index in [-0.39, 0.29) is 4.90 Å². The van der Waals surface area contributed by atoms with Crippen molar-refractivity contribution in [2.75, 3.05) is 36.8 Å². The van der Waals surface area contributed by atoms with Crippen LogP contribution in [0.15, 0.2) is 41.3 Å². The van der Waals surface area contributed by atoms with E-state index in [1.54, 1.807) is 6.07 Å². The number of hydrogen-bond donors (Lipinski definition) is 0. The Morgan fingerprint density at radius 3 is 2.28 bits per heavy atom. The molecule has 0 fully saturated rings. The zero-order chi connectivity index (χ0) is 23.5. The number of amides is 1. The molecule has 0 saturated heterocycles. The molecule has 0 atom stereocenters. The van der Waals surface area contributed by atoms with Gasteiger partial charge in [0, 0.05) is 18.1 Å². The van der Waals surface area contributed by atoms with Gasteiger partial charge in [-0.05, 0) is 55.9 Å². The topological polar surface area (TPSA) is 70.6 Å². The molecule has 3 rings (SSSR count). The molecule has 0 spiro atoms. The highest BCUT2D eigenvalue weighted by Gasteiger charge is 2.27. The number of carbonyl (C=O) groups excluding carboxylic acids is 1. The summed E-state index contributed by atoms with van der Waals surface area (Å²) in [6, 6.07) is 9.48. The van der Waals surface area contributed by atoms with Crippen molar-refractivity contribution in [2.24, 2.45) is 0 Å². The highest BCUT2D eigenvalue weighted by atomic mass is 35.5. The third-order valence-electron chi connectivity index (χ3n) is 5.24. The molecule has 10 heteroatoms. The predicted molar refractivity (Wildman–Crippen MR) is 133 cm³/mol. The van der Waals surface area contributed by atoms with Crippen molar-refractivity contribution in [3.8, 4) is 0 Å². The van der Waals surface area contributed by atoms with Gasteiger partial charge in [0.05, 0.1) is 20.1 Å². The first kappa shape index (κ1) is 24.9. The first-order valence-corrected chi connectivity index (χ1v) is 13.5. The van der Waals surface area contributed by atoms with Gasteiger partial charge in [-0.15, -0.1) is 0 Å². The first-order valence-electron chi connectivity index (χ1n) is 10.2. The Morgan fingerprint density at radius 1 is 1.03 bits per heavy atom. The van der Waals surface area contributed by atoms with E-state index in [9.17, 15) is 13.2 Å². The second kappa shape index (κ2) is 10.5. The largest absolute Gasteiger partial charge is 0.302 e. The second-order valence-corrected chi connectivity index (χ2v) is 11.1. The molecule has 172 valence electrons. The van der Waals surface area contributed by atoms with E-state index < -0.39 is 21.5 Å². The van der Waals surface area contributed by atoms with E-state index in [2.05, 4.69) is 9.88 Å². The van der Waals surface area contributed by atoms with E-state index in [0.29, 0.717) is 28.3 Å². The molecule has 2 aromatic carbocycles. The lowest BCUT2D eigenvalue weighted by atomic mass is 10.2. The fraction of sp³-hybridized carbons (Fsp3) is 0.364. The number of nitrogens with zero attached hydrogens (tertiary/aromatic N) is 3. The molecule has 0 radical (unpaired) electrons. The maximum Gasteiger partial charge on any atom is 0.244 e. The van der Waals surface area contributed by atoms with Crippen molar-refractivity contribution < 1.29 is 13.2 Å². The Hall–Kier alpha value is -1.71. The van der Waals surface area contributed by atoms with Crippen LogP contribution in [0.3, 0.4) is 0 Å². The van der Waals surface area contributed by atoms with Gasteiger partial charge in [-0.3, -0.25) is 9.69 Å². The van der Waals surface area contributed by atoms with Crippen LogP contribution in [-0.4, -0.2) is 56.1 Å². The third kappa shape index (κ3) is 5.61. The number of halogens is 2. The number of aryl methyl sites for hydroxylation is 1. The Labute approximate surface area is 202 Å². The number of fused-ring (bicyclic) bond motifs is 1. The van der Waals surface area contributed by atoms with Gasteiger partial charge in [-0.2, -0.15) is 0 Å². The van der Waals surface area contributed by atoms with Gasteiger partial charge < -0.3 is 4.90 Å². The molecule has 3 aromatic rings. The number of anilines is 1. The van der Waals surface area contributed by atoms with Gasteiger partial charge in [0.1, 0.15) is 5.75 Å². The van der Waals surface area contributed by atoms with Gasteiger partial charge in [-0.1, -0.05) is 54.5 Å². The smallest absolute Gasteiger partial charge is 0.244 e. The van der Waals surface area contributed by atoms with E-state index in [1.165, 1.54) is 40.5 Å². The van der Waals surface area contributed by atoms with E-state index >= 15 is 0 Å². The lowest BCUT2D eigenvalue weighted by Crippen LogP contribution is -2.41. The summed E-state index contributed by atoms with van der Waals surface area (Å²) in [5, 5.41) is 1.43. The highest BCUT2D eigenvalue weighted by Crippen LogP contribution is 2.35. The number of benzene rings is 2. The molecule has 0 bridgehead atoms. The van der Waals surface area contributed by atoms with Crippen LogP contribution < -0.4 is 4.90 Å². The van der Waals surface area contributed by atoms with Gasteiger partial charge in [0.25, 0.3) is 0 Å².